The first kappa shape index (κ1) is 16.4. The van der Waals surface area contributed by atoms with Gasteiger partial charge in [-0.15, -0.1) is 0 Å². The Hall–Kier alpha value is -0.980. The third-order valence-electron chi connectivity index (χ3n) is 4.10. The van der Waals surface area contributed by atoms with Crippen LogP contribution >= 0.6 is 0 Å². The van der Waals surface area contributed by atoms with E-state index in [0.29, 0.717) is 12.5 Å². The number of hydrogen-bond acceptors (Lipinski definition) is 4. The number of nitrogens with one attached hydrogen (secondary N) is 2. The van der Waals surface area contributed by atoms with Crippen LogP contribution in [0.3, 0.4) is 0 Å². The fraction of sp³-hybridized carbons (Fsp3) is 0.667. The van der Waals surface area contributed by atoms with Gasteiger partial charge < -0.3 is 5.32 Å². The fourth-order valence-corrected chi connectivity index (χ4v) is 4.04. The number of nitrogens with zero attached hydrogens (tertiary/aromatic N) is 1. The molecular formula is C15H25N3O2S. The highest BCUT2D eigenvalue weighted by Gasteiger charge is 2.26. The minimum atomic E-state index is -3.52. The summed E-state index contributed by atoms with van der Waals surface area (Å²) in [5, 5.41) is 3.29. The summed E-state index contributed by atoms with van der Waals surface area (Å²) in [7, 11) is -3.52. The molecule has 1 atom stereocenters. The molecule has 2 N–H and O–H groups in total. The molecular weight excluding hydrogens is 286 g/mol. The summed E-state index contributed by atoms with van der Waals surface area (Å²) in [6.45, 7) is 5.56. The smallest absolute Gasteiger partial charge is 0.258 e. The largest absolute Gasteiger partial charge is 0.313 e. The zero-order valence-corrected chi connectivity index (χ0v) is 13.6. The van der Waals surface area contributed by atoms with Crippen LogP contribution in [0.1, 0.15) is 45.1 Å². The van der Waals surface area contributed by atoms with Crippen LogP contribution in [-0.2, 0) is 16.6 Å². The van der Waals surface area contributed by atoms with Crippen molar-refractivity contribution in [1.29, 1.82) is 0 Å². The van der Waals surface area contributed by atoms with Crippen molar-refractivity contribution < 1.29 is 8.42 Å². The molecule has 0 amide bonds. The van der Waals surface area contributed by atoms with Crippen molar-refractivity contribution in [2.45, 2.75) is 57.1 Å². The van der Waals surface area contributed by atoms with E-state index in [4.69, 9.17) is 0 Å². The first-order valence-electron chi connectivity index (χ1n) is 7.71. The monoisotopic (exact) mass is 311 g/mol. The molecule has 0 spiro atoms. The summed E-state index contributed by atoms with van der Waals surface area (Å²) in [6, 6.07) is 3.36. The highest BCUT2D eigenvalue weighted by molar-refractivity contribution is 7.89. The van der Waals surface area contributed by atoms with Gasteiger partial charge >= 0.3 is 0 Å². The molecule has 1 aliphatic rings. The second kappa shape index (κ2) is 7.33. The van der Waals surface area contributed by atoms with E-state index in [1.165, 1.54) is 12.8 Å². The third kappa shape index (κ3) is 4.49. The van der Waals surface area contributed by atoms with E-state index in [1.54, 1.807) is 12.3 Å². The number of rotatable bonds is 7. The maximum absolute atomic E-state index is 12.3. The number of sulfonamides is 1. The Morgan fingerprint density at radius 1 is 1.33 bits per heavy atom. The molecule has 5 nitrogen and oxygen atoms in total. The summed E-state index contributed by atoms with van der Waals surface area (Å²) in [5.41, 5.74) is 0.986. The van der Waals surface area contributed by atoms with Crippen molar-refractivity contribution in [2.75, 3.05) is 6.54 Å². The molecule has 1 aliphatic carbocycles. The lowest BCUT2D eigenvalue weighted by Gasteiger charge is -2.20. The summed E-state index contributed by atoms with van der Waals surface area (Å²) < 4.78 is 27.4. The second-order valence-corrected chi connectivity index (χ2v) is 7.40. The highest BCUT2D eigenvalue weighted by atomic mass is 32.2. The normalized spacial score (nSPS) is 18.0. The van der Waals surface area contributed by atoms with E-state index >= 15 is 0 Å². The van der Waals surface area contributed by atoms with E-state index in [2.05, 4.69) is 15.0 Å². The van der Waals surface area contributed by atoms with Crippen LogP contribution in [0.25, 0.3) is 0 Å². The first-order chi connectivity index (χ1) is 10.0. The molecule has 0 bridgehead atoms. The van der Waals surface area contributed by atoms with Crippen molar-refractivity contribution in [3.05, 3.63) is 23.9 Å². The fourth-order valence-electron chi connectivity index (χ4n) is 2.80. The van der Waals surface area contributed by atoms with Crippen LogP contribution in [0.4, 0.5) is 0 Å². The van der Waals surface area contributed by atoms with Crippen molar-refractivity contribution in [2.24, 2.45) is 5.92 Å². The predicted octanol–water partition coefficient (Wildman–Crippen LogP) is 2.05. The molecule has 0 saturated heterocycles. The van der Waals surface area contributed by atoms with E-state index in [9.17, 15) is 8.42 Å². The lowest BCUT2D eigenvalue weighted by Crippen LogP contribution is -2.37. The average molecular weight is 311 g/mol. The van der Waals surface area contributed by atoms with E-state index in [-0.39, 0.29) is 11.1 Å². The predicted molar refractivity (Wildman–Crippen MR) is 83.4 cm³/mol. The number of hydrogen-bond donors (Lipinski definition) is 2. The van der Waals surface area contributed by atoms with E-state index in [1.807, 2.05) is 19.9 Å². The molecule has 0 aromatic carbocycles. The Labute approximate surface area is 127 Å². The molecule has 1 aromatic heterocycles. The third-order valence-corrected chi connectivity index (χ3v) is 5.57. The van der Waals surface area contributed by atoms with Gasteiger partial charge in [0, 0.05) is 18.8 Å². The van der Waals surface area contributed by atoms with E-state index in [0.717, 1.165) is 24.9 Å². The highest BCUT2D eigenvalue weighted by Crippen LogP contribution is 2.28. The lowest BCUT2D eigenvalue weighted by molar-refractivity contribution is 0.423. The first-order valence-corrected chi connectivity index (χ1v) is 9.19. The zero-order chi connectivity index (χ0) is 15.3. The molecule has 0 radical (unpaired) electrons. The molecule has 118 valence electrons. The maximum atomic E-state index is 12.3. The minimum Gasteiger partial charge on any atom is -0.313 e. The van der Waals surface area contributed by atoms with Crippen molar-refractivity contribution >= 4 is 10.0 Å². The number of aromatic nitrogens is 1. The quantitative estimate of drug-likeness (QED) is 0.808. The summed E-state index contributed by atoms with van der Waals surface area (Å²) in [4.78, 5) is 4.09. The van der Waals surface area contributed by atoms with Gasteiger partial charge in [0.2, 0.25) is 0 Å². The molecule has 21 heavy (non-hydrogen) atoms. The molecule has 6 heteroatoms. The van der Waals surface area contributed by atoms with Crippen LogP contribution in [-0.4, -0.2) is 26.0 Å². The van der Waals surface area contributed by atoms with Crippen molar-refractivity contribution in [3.63, 3.8) is 0 Å². The average Bonchev–Trinajstić information content (AvgIpc) is 2.99. The van der Waals surface area contributed by atoms with Crippen LogP contribution in [0.5, 0.6) is 0 Å². The van der Waals surface area contributed by atoms with Gasteiger partial charge in [0.25, 0.3) is 10.0 Å². The van der Waals surface area contributed by atoms with Gasteiger partial charge in [0.15, 0.2) is 5.03 Å². The van der Waals surface area contributed by atoms with Gasteiger partial charge in [-0.3, -0.25) is 0 Å². The molecule has 0 aliphatic heterocycles. The Kier molecular flexibility index (Phi) is 5.72. The number of pyridine rings is 1. The van der Waals surface area contributed by atoms with Gasteiger partial charge in [-0.05, 0) is 43.9 Å². The van der Waals surface area contributed by atoms with Crippen molar-refractivity contribution in [3.8, 4) is 0 Å². The lowest BCUT2D eigenvalue weighted by atomic mass is 10.0. The molecule has 2 rings (SSSR count). The van der Waals surface area contributed by atoms with Crippen molar-refractivity contribution in [1.82, 2.24) is 15.0 Å². The van der Waals surface area contributed by atoms with Crippen LogP contribution in [0, 0.1) is 5.92 Å². The molecule has 1 saturated carbocycles. The van der Waals surface area contributed by atoms with Crippen LogP contribution < -0.4 is 10.0 Å². The Balaban J connectivity index is 2.01. The Morgan fingerprint density at radius 3 is 2.62 bits per heavy atom. The van der Waals surface area contributed by atoms with Gasteiger partial charge in [-0.2, -0.15) is 0 Å². The minimum absolute atomic E-state index is 0.0271. The topological polar surface area (TPSA) is 71.1 Å². The van der Waals surface area contributed by atoms with Gasteiger partial charge in [0.1, 0.15) is 0 Å². The Morgan fingerprint density at radius 2 is 2.05 bits per heavy atom. The molecule has 1 unspecified atom stereocenters. The van der Waals surface area contributed by atoms with Gasteiger partial charge in [0.05, 0.1) is 0 Å². The van der Waals surface area contributed by atoms with Gasteiger partial charge in [-0.1, -0.05) is 25.8 Å². The summed E-state index contributed by atoms with van der Waals surface area (Å²) in [5.74, 6) is 0.452. The molecule has 1 aromatic rings. The summed E-state index contributed by atoms with van der Waals surface area (Å²) in [6.07, 6.45) is 6.25. The summed E-state index contributed by atoms with van der Waals surface area (Å²) >= 11 is 0. The van der Waals surface area contributed by atoms with Crippen LogP contribution in [0.15, 0.2) is 23.4 Å². The standard InChI is InChI=1S/C15H25N3O2S/c1-3-16-10-13-8-9-15(17-11-13)21(19,20)18-12(2)14-6-4-5-7-14/h8-9,11-12,14,16,18H,3-7,10H2,1-2H3. The van der Waals surface area contributed by atoms with Crippen LogP contribution in [0.2, 0.25) is 0 Å². The Bertz CT molecular complexity index is 537. The molecule has 1 fully saturated rings. The zero-order valence-electron chi connectivity index (χ0n) is 12.8. The molecule has 1 heterocycles. The van der Waals surface area contributed by atoms with E-state index < -0.39 is 10.0 Å². The second-order valence-electron chi connectivity index (χ2n) is 5.74. The maximum Gasteiger partial charge on any atom is 0.258 e. The SMILES string of the molecule is CCNCc1ccc(S(=O)(=O)NC(C)C2CCCC2)nc1. The van der Waals surface area contributed by atoms with Gasteiger partial charge in [-0.25, -0.2) is 18.1 Å².